The summed E-state index contributed by atoms with van der Waals surface area (Å²) < 4.78 is 0. The lowest BCUT2D eigenvalue weighted by atomic mass is 9.79. The molecule has 112 valence electrons. The quantitative estimate of drug-likeness (QED) is 0.664. The zero-order chi connectivity index (χ0) is 14.1. The number of aliphatic hydroxyl groups excluding tert-OH is 1. The smallest absolute Gasteiger partial charge is 0.223 e. The predicted molar refractivity (Wildman–Crippen MR) is 78.9 cm³/mol. The second-order valence-corrected chi connectivity index (χ2v) is 6.14. The Kier molecular flexibility index (Phi) is 8.11. The number of aliphatic hydroxyl groups is 1. The van der Waals surface area contributed by atoms with Crippen LogP contribution in [0.4, 0.5) is 0 Å². The van der Waals surface area contributed by atoms with Gasteiger partial charge < -0.3 is 10.4 Å². The molecule has 2 N–H and O–H groups in total. The monoisotopic (exact) mass is 269 g/mol. The zero-order valence-electron chi connectivity index (χ0n) is 12.7. The van der Waals surface area contributed by atoms with Crippen molar-refractivity contribution in [2.24, 2.45) is 11.8 Å². The number of hydrogen-bond donors (Lipinski definition) is 2. The van der Waals surface area contributed by atoms with Crippen molar-refractivity contribution >= 4 is 5.91 Å². The molecule has 19 heavy (non-hydrogen) atoms. The molecule has 0 aliphatic heterocycles. The van der Waals surface area contributed by atoms with E-state index in [0.29, 0.717) is 6.54 Å². The lowest BCUT2D eigenvalue weighted by molar-refractivity contribution is -0.126. The minimum absolute atomic E-state index is 0.236. The second-order valence-electron chi connectivity index (χ2n) is 6.14. The van der Waals surface area contributed by atoms with Crippen molar-refractivity contribution < 1.29 is 9.90 Å². The molecular formula is C16H31NO2. The Morgan fingerprint density at radius 3 is 2.53 bits per heavy atom. The van der Waals surface area contributed by atoms with E-state index in [1.807, 2.05) is 0 Å². The van der Waals surface area contributed by atoms with E-state index in [1.54, 1.807) is 6.92 Å². The lowest BCUT2D eigenvalue weighted by Crippen LogP contribution is -2.34. The molecule has 1 amide bonds. The first kappa shape index (κ1) is 16.5. The van der Waals surface area contributed by atoms with Gasteiger partial charge in [-0.05, 0) is 51.4 Å². The molecule has 0 heterocycles. The highest BCUT2D eigenvalue weighted by molar-refractivity contribution is 5.78. The van der Waals surface area contributed by atoms with Gasteiger partial charge in [0.25, 0.3) is 0 Å². The number of rotatable bonds is 8. The van der Waals surface area contributed by atoms with Crippen molar-refractivity contribution in [3.8, 4) is 0 Å². The maximum absolute atomic E-state index is 12.0. The van der Waals surface area contributed by atoms with Crippen molar-refractivity contribution in [1.29, 1.82) is 0 Å². The van der Waals surface area contributed by atoms with Gasteiger partial charge in [-0.3, -0.25) is 4.79 Å². The number of amides is 1. The average molecular weight is 269 g/mol. The van der Waals surface area contributed by atoms with Gasteiger partial charge in [0.2, 0.25) is 5.91 Å². The summed E-state index contributed by atoms with van der Waals surface area (Å²) in [5.41, 5.74) is 0. The van der Waals surface area contributed by atoms with Gasteiger partial charge in [0.05, 0.1) is 6.10 Å². The van der Waals surface area contributed by atoms with Crippen LogP contribution in [-0.2, 0) is 4.79 Å². The highest BCUT2D eigenvalue weighted by Gasteiger charge is 2.25. The van der Waals surface area contributed by atoms with E-state index in [2.05, 4.69) is 12.2 Å². The van der Waals surface area contributed by atoms with Gasteiger partial charge in [0, 0.05) is 12.5 Å². The Labute approximate surface area is 118 Å². The Hall–Kier alpha value is -0.570. The van der Waals surface area contributed by atoms with E-state index in [1.165, 1.54) is 32.1 Å². The first-order valence-corrected chi connectivity index (χ1v) is 8.09. The second kappa shape index (κ2) is 9.35. The number of unbranched alkanes of at least 4 members (excludes halogenated alkanes) is 1. The Morgan fingerprint density at radius 2 is 1.95 bits per heavy atom. The summed E-state index contributed by atoms with van der Waals surface area (Å²) in [5, 5.41) is 12.2. The van der Waals surface area contributed by atoms with Crippen molar-refractivity contribution in [2.75, 3.05) is 6.54 Å². The molecule has 0 radical (unpaired) electrons. The average Bonchev–Trinajstić information content (AvgIpc) is 2.41. The van der Waals surface area contributed by atoms with Crippen LogP contribution < -0.4 is 5.32 Å². The summed E-state index contributed by atoms with van der Waals surface area (Å²) in [7, 11) is 0. The minimum atomic E-state index is -0.258. The summed E-state index contributed by atoms with van der Waals surface area (Å²) in [4.78, 5) is 12.0. The number of hydrogen-bond acceptors (Lipinski definition) is 2. The molecule has 0 aromatic rings. The van der Waals surface area contributed by atoms with Gasteiger partial charge in [0.15, 0.2) is 0 Å². The van der Waals surface area contributed by atoms with Gasteiger partial charge in [-0.15, -0.1) is 0 Å². The van der Waals surface area contributed by atoms with Crippen LogP contribution in [-0.4, -0.2) is 23.7 Å². The van der Waals surface area contributed by atoms with Gasteiger partial charge in [-0.2, -0.15) is 0 Å². The topological polar surface area (TPSA) is 49.3 Å². The summed E-state index contributed by atoms with van der Waals surface area (Å²) in [5.74, 6) is 1.34. The Balaban J connectivity index is 2.11. The standard InChI is InChI=1S/C16H31NO2/c1-3-4-7-14-8-10-15(11-9-14)16(19)17-12-5-6-13(2)18/h13-15,18H,3-12H2,1-2H3,(H,17,19). The van der Waals surface area contributed by atoms with Crippen LogP contribution in [0.3, 0.4) is 0 Å². The van der Waals surface area contributed by atoms with Gasteiger partial charge in [0.1, 0.15) is 0 Å². The van der Waals surface area contributed by atoms with E-state index >= 15 is 0 Å². The molecule has 1 aliphatic carbocycles. The molecule has 1 rings (SSSR count). The summed E-state index contributed by atoms with van der Waals surface area (Å²) >= 11 is 0. The molecule has 1 fully saturated rings. The SMILES string of the molecule is CCCCC1CCC(C(=O)NCCCC(C)O)CC1. The maximum atomic E-state index is 12.0. The molecule has 0 spiro atoms. The van der Waals surface area contributed by atoms with Crippen molar-refractivity contribution in [3.63, 3.8) is 0 Å². The third-order valence-electron chi connectivity index (χ3n) is 4.28. The first-order chi connectivity index (χ1) is 9.13. The third kappa shape index (κ3) is 6.95. The summed E-state index contributed by atoms with van der Waals surface area (Å²) in [6, 6.07) is 0. The van der Waals surface area contributed by atoms with Crippen LogP contribution in [0.1, 0.15) is 71.6 Å². The molecule has 0 aromatic heterocycles. The van der Waals surface area contributed by atoms with Crippen LogP contribution in [0, 0.1) is 11.8 Å². The fourth-order valence-electron chi connectivity index (χ4n) is 2.96. The number of carbonyl (C=O) groups is 1. The fraction of sp³-hybridized carbons (Fsp3) is 0.938. The van der Waals surface area contributed by atoms with Crippen LogP contribution in [0.5, 0.6) is 0 Å². The van der Waals surface area contributed by atoms with Crippen LogP contribution in [0.25, 0.3) is 0 Å². The molecule has 3 heteroatoms. The molecular weight excluding hydrogens is 238 g/mol. The largest absolute Gasteiger partial charge is 0.393 e. The van der Waals surface area contributed by atoms with Crippen LogP contribution in [0.15, 0.2) is 0 Å². The molecule has 1 unspecified atom stereocenters. The maximum Gasteiger partial charge on any atom is 0.223 e. The number of nitrogens with one attached hydrogen (secondary N) is 1. The summed E-state index contributed by atoms with van der Waals surface area (Å²) in [6.07, 6.45) is 9.93. The Bertz CT molecular complexity index is 245. The highest BCUT2D eigenvalue weighted by atomic mass is 16.3. The zero-order valence-corrected chi connectivity index (χ0v) is 12.7. The van der Waals surface area contributed by atoms with E-state index < -0.39 is 0 Å². The van der Waals surface area contributed by atoms with Crippen LogP contribution in [0.2, 0.25) is 0 Å². The molecule has 0 saturated heterocycles. The highest BCUT2D eigenvalue weighted by Crippen LogP contribution is 2.31. The first-order valence-electron chi connectivity index (χ1n) is 8.09. The summed E-state index contributed by atoms with van der Waals surface area (Å²) in [6.45, 7) is 4.74. The van der Waals surface area contributed by atoms with E-state index in [0.717, 1.165) is 31.6 Å². The molecule has 0 aromatic carbocycles. The predicted octanol–water partition coefficient (Wildman–Crippen LogP) is 3.26. The van der Waals surface area contributed by atoms with Crippen molar-refractivity contribution in [2.45, 2.75) is 77.7 Å². The fourth-order valence-corrected chi connectivity index (χ4v) is 2.96. The molecule has 1 aliphatic rings. The van der Waals surface area contributed by atoms with Gasteiger partial charge >= 0.3 is 0 Å². The molecule has 1 saturated carbocycles. The van der Waals surface area contributed by atoms with E-state index in [4.69, 9.17) is 5.11 Å². The van der Waals surface area contributed by atoms with Crippen molar-refractivity contribution in [3.05, 3.63) is 0 Å². The van der Waals surface area contributed by atoms with E-state index in [-0.39, 0.29) is 17.9 Å². The number of carbonyl (C=O) groups excluding carboxylic acids is 1. The van der Waals surface area contributed by atoms with Gasteiger partial charge in [-0.25, -0.2) is 0 Å². The lowest BCUT2D eigenvalue weighted by Gasteiger charge is -2.27. The minimum Gasteiger partial charge on any atom is -0.393 e. The third-order valence-corrected chi connectivity index (χ3v) is 4.28. The molecule has 1 atom stereocenters. The van der Waals surface area contributed by atoms with Crippen LogP contribution >= 0.6 is 0 Å². The molecule has 3 nitrogen and oxygen atoms in total. The normalized spacial score (nSPS) is 25.0. The Morgan fingerprint density at radius 1 is 1.26 bits per heavy atom. The molecule has 0 bridgehead atoms. The van der Waals surface area contributed by atoms with Crippen molar-refractivity contribution in [1.82, 2.24) is 5.32 Å². The van der Waals surface area contributed by atoms with E-state index in [9.17, 15) is 4.79 Å². The van der Waals surface area contributed by atoms with Gasteiger partial charge in [-0.1, -0.05) is 26.2 Å².